The molecule has 2 amide bonds. The molecule has 1 heterocycles. The van der Waals surface area contributed by atoms with E-state index in [4.69, 9.17) is 4.42 Å². The van der Waals surface area contributed by atoms with Crippen LogP contribution in [-0.2, 0) is 4.79 Å². The zero-order valence-electron chi connectivity index (χ0n) is 15.2. The minimum atomic E-state index is -0.428. The largest absolute Gasteiger partial charge is 0.465 e. The van der Waals surface area contributed by atoms with Crippen LogP contribution >= 0.6 is 0 Å². The number of anilines is 1. The average molecular weight is 360 g/mol. The topological polar surface area (TPSA) is 71.3 Å². The van der Waals surface area contributed by atoms with E-state index in [9.17, 15) is 9.59 Å². The fraction of sp³-hybridized carbons (Fsp3) is 0.0909. The maximum Gasteiger partial charge on any atom is 0.272 e. The second-order valence-electron chi connectivity index (χ2n) is 6.17. The van der Waals surface area contributed by atoms with Crippen molar-refractivity contribution in [3.8, 4) is 0 Å². The first-order chi connectivity index (χ1) is 13.0. The third-order valence-electron chi connectivity index (χ3n) is 3.99. The number of furan rings is 1. The summed E-state index contributed by atoms with van der Waals surface area (Å²) in [6.45, 7) is 3.90. The Bertz CT molecular complexity index is 974. The first-order valence-corrected chi connectivity index (χ1v) is 8.53. The van der Waals surface area contributed by atoms with Gasteiger partial charge in [-0.1, -0.05) is 35.9 Å². The first kappa shape index (κ1) is 18.2. The van der Waals surface area contributed by atoms with Crippen molar-refractivity contribution in [2.45, 2.75) is 13.8 Å². The summed E-state index contributed by atoms with van der Waals surface area (Å²) in [5.74, 6) is -0.332. The van der Waals surface area contributed by atoms with Crippen molar-refractivity contribution in [1.29, 1.82) is 0 Å². The summed E-state index contributed by atoms with van der Waals surface area (Å²) >= 11 is 0. The van der Waals surface area contributed by atoms with Crippen LogP contribution in [0.5, 0.6) is 0 Å². The Morgan fingerprint density at radius 3 is 2.41 bits per heavy atom. The molecule has 5 nitrogen and oxygen atoms in total. The molecule has 2 aromatic carbocycles. The number of carbonyl (C=O) groups is 2. The van der Waals surface area contributed by atoms with Gasteiger partial charge in [-0.25, -0.2) is 0 Å². The van der Waals surface area contributed by atoms with Crippen LogP contribution in [0.2, 0.25) is 0 Å². The highest BCUT2D eigenvalue weighted by molar-refractivity contribution is 6.10. The third kappa shape index (κ3) is 4.73. The second kappa shape index (κ2) is 8.19. The fourth-order valence-electron chi connectivity index (χ4n) is 2.60. The lowest BCUT2D eigenvalue weighted by atomic mass is 10.1. The van der Waals surface area contributed by atoms with Crippen molar-refractivity contribution in [1.82, 2.24) is 5.32 Å². The van der Waals surface area contributed by atoms with Gasteiger partial charge in [-0.15, -0.1) is 0 Å². The molecule has 2 N–H and O–H groups in total. The predicted octanol–water partition coefficient (Wildman–Crippen LogP) is 4.31. The van der Waals surface area contributed by atoms with Gasteiger partial charge in [0.1, 0.15) is 11.5 Å². The maximum absolute atomic E-state index is 12.8. The van der Waals surface area contributed by atoms with Crippen LogP contribution in [0, 0.1) is 13.8 Å². The molecule has 3 aromatic rings. The summed E-state index contributed by atoms with van der Waals surface area (Å²) in [6.07, 6.45) is 3.00. The van der Waals surface area contributed by atoms with Crippen LogP contribution in [0.3, 0.4) is 0 Å². The molecule has 0 radical (unpaired) electrons. The second-order valence-corrected chi connectivity index (χ2v) is 6.17. The van der Waals surface area contributed by atoms with E-state index in [-0.39, 0.29) is 11.6 Å². The van der Waals surface area contributed by atoms with E-state index in [1.807, 2.05) is 38.1 Å². The standard InChI is InChI=1S/C22H20N2O3/c1-15-10-11-19(16(2)13-15)23-22(26)20(14-18-9-6-12-27-18)24-21(25)17-7-4-3-5-8-17/h3-14H,1-2H3,(H,23,26)(H,24,25)/b20-14+. The van der Waals surface area contributed by atoms with Crippen LogP contribution in [0.25, 0.3) is 6.08 Å². The molecule has 0 aliphatic carbocycles. The van der Waals surface area contributed by atoms with Gasteiger partial charge >= 0.3 is 0 Å². The van der Waals surface area contributed by atoms with Crippen molar-refractivity contribution < 1.29 is 14.0 Å². The van der Waals surface area contributed by atoms with Crippen LogP contribution in [0.4, 0.5) is 5.69 Å². The molecular weight excluding hydrogens is 340 g/mol. The van der Waals surface area contributed by atoms with Crippen molar-refractivity contribution >= 4 is 23.6 Å². The van der Waals surface area contributed by atoms with E-state index in [1.165, 1.54) is 12.3 Å². The monoisotopic (exact) mass is 360 g/mol. The number of hydrogen-bond donors (Lipinski definition) is 2. The molecule has 0 bridgehead atoms. The molecule has 0 fully saturated rings. The van der Waals surface area contributed by atoms with Crippen LogP contribution < -0.4 is 10.6 Å². The van der Waals surface area contributed by atoms with Gasteiger partial charge in [0.15, 0.2) is 0 Å². The Hall–Kier alpha value is -3.60. The normalized spacial score (nSPS) is 11.1. The van der Waals surface area contributed by atoms with Gasteiger partial charge in [0.05, 0.1) is 6.26 Å². The van der Waals surface area contributed by atoms with Crippen LogP contribution in [0.15, 0.2) is 77.0 Å². The van der Waals surface area contributed by atoms with Crippen molar-refractivity contribution in [3.05, 3.63) is 95.1 Å². The molecule has 1 aromatic heterocycles. The van der Waals surface area contributed by atoms with Gasteiger partial charge in [-0.3, -0.25) is 9.59 Å². The van der Waals surface area contributed by atoms with E-state index < -0.39 is 5.91 Å². The third-order valence-corrected chi connectivity index (χ3v) is 3.99. The average Bonchev–Trinajstić information content (AvgIpc) is 3.17. The SMILES string of the molecule is Cc1ccc(NC(=O)/C(=C\c2ccco2)NC(=O)c2ccccc2)c(C)c1. The van der Waals surface area contributed by atoms with Crippen LogP contribution in [-0.4, -0.2) is 11.8 Å². The molecule has 0 spiro atoms. The number of benzene rings is 2. The highest BCUT2D eigenvalue weighted by Gasteiger charge is 2.16. The Balaban J connectivity index is 1.85. The van der Waals surface area contributed by atoms with Crippen molar-refractivity contribution in [2.24, 2.45) is 0 Å². The number of nitrogens with one attached hydrogen (secondary N) is 2. The molecule has 136 valence electrons. The van der Waals surface area contributed by atoms with E-state index in [2.05, 4.69) is 10.6 Å². The predicted molar refractivity (Wildman–Crippen MR) is 105 cm³/mol. The number of aryl methyl sites for hydroxylation is 2. The van der Waals surface area contributed by atoms with Gasteiger partial charge in [0, 0.05) is 17.3 Å². The number of carbonyl (C=O) groups excluding carboxylic acids is 2. The summed E-state index contributed by atoms with van der Waals surface area (Å²) in [6, 6.07) is 17.9. The van der Waals surface area contributed by atoms with Crippen molar-refractivity contribution in [3.63, 3.8) is 0 Å². The van der Waals surface area contributed by atoms with Gasteiger partial charge in [0.2, 0.25) is 0 Å². The Labute approximate surface area is 157 Å². The number of hydrogen-bond acceptors (Lipinski definition) is 3. The molecule has 3 rings (SSSR count). The minimum absolute atomic E-state index is 0.0961. The van der Waals surface area contributed by atoms with E-state index in [0.717, 1.165) is 11.1 Å². The highest BCUT2D eigenvalue weighted by Crippen LogP contribution is 2.17. The van der Waals surface area contributed by atoms with Gasteiger partial charge in [-0.2, -0.15) is 0 Å². The molecule has 5 heteroatoms. The van der Waals surface area contributed by atoms with Gasteiger partial charge in [-0.05, 0) is 49.7 Å². The lowest BCUT2D eigenvalue weighted by molar-refractivity contribution is -0.113. The number of amides is 2. The summed E-state index contributed by atoms with van der Waals surface area (Å²) in [5.41, 5.74) is 3.29. The van der Waals surface area contributed by atoms with Crippen LogP contribution in [0.1, 0.15) is 27.2 Å². The zero-order chi connectivity index (χ0) is 19.2. The van der Waals surface area contributed by atoms with E-state index in [1.54, 1.807) is 36.4 Å². The molecule has 0 aliphatic rings. The summed E-state index contributed by atoms with van der Waals surface area (Å²) in [4.78, 5) is 25.3. The first-order valence-electron chi connectivity index (χ1n) is 8.53. The molecule has 0 atom stereocenters. The quantitative estimate of drug-likeness (QED) is 0.666. The van der Waals surface area contributed by atoms with E-state index >= 15 is 0 Å². The zero-order valence-corrected chi connectivity index (χ0v) is 15.2. The highest BCUT2D eigenvalue weighted by atomic mass is 16.3. The Kier molecular flexibility index (Phi) is 5.52. The molecule has 0 unspecified atom stereocenters. The summed E-state index contributed by atoms with van der Waals surface area (Å²) < 4.78 is 5.28. The molecule has 0 aliphatic heterocycles. The Morgan fingerprint density at radius 1 is 0.963 bits per heavy atom. The summed E-state index contributed by atoms with van der Waals surface area (Å²) in [7, 11) is 0. The van der Waals surface area contributed by atoms with E-state index in [0.29, 0.717) is 17.0 Å². The maximum atomic E-state index is 12.8. The number of rotatable bonds is 5. The molecular formula is C22H20N2O3. The van der Waals surface area contributed by atoms with Gasteiger partial charge < -0.3 is 15.1 Å². The van der Waals surface area contributed by atoms with Gasteiger partial charge in [0.25, 0.3) is 11.8 Å². The Morgan fingerprint density at radius 2 is 1.74 bits per heavy atom. The lowest BCUT2D eigenvalue weighted by Gasteiger charge is -2.12. The van der Waals surface area contributed by atoms with Crippen molar-refractivity contribution in [2.75, 3.05) is 5.32 Å². The molecule has 0 saturated heterocycles. The summed E-state index contributed by atoms with van der Waals surface area (Å²) in [5, 5.41) is 5.52. The molecule has 27 heavy (non-hydrogen) atoms. The smallest absolute Gasteiger partial charge is 0.272 e. The lowest BCUT2D eigenvalue weighted by Crippen LogP contribution is -2.30. The fourth-order valence-corrected chi connectivity index (χ4v) is 2.60. The molecule has 0 saturated carbocycles. The minimum Gasteiger partial charge on any atom is -0.465 e.